The third kappa shape index (κ3) is 4.67. The summed E-state index contributed by atoms with van der Waals surface area (Å²) >= 11 is 0. The van der Waals surface area contributed by atoms with Crippen LogP contribution in [-0.2, 0) is 0 Å². The van der Waals surface area contributed by atoms with E-state index in [-0.39, 0.29) is 24.4 Å². The normalized spacial score (nSPS) is 17.5. The van der Waals surface area contributed by atoms with E-state index in [0.717, 1.165) is 17.9 Å². The van der Waals surface area contributed by atoms with E-state index >= 15 is 0 Å². The van der Waals surface area contributed by atoms with Crippen molar-refractivity contribution in [2.45, 2.75) is 18.4 Å². The maximum Gasteiger partial charge on any atom is 0.255 e. The quantitative estimate of drug-likeness (QED) is 0.657. The molecule has 0 spiro atoms. The van der Waals surface area contributed by atoms with Gasteiger partial charge >= 0.3 is 0 Å². The monoisotopic (exact) mass is 380 g/mol. The maximum absolute atomic E-state index is 12.5. The zero-order valence-electron chi connectivity index (χ0n) is 14.7. The predicted molar refractivity (Wildman–Crippen MR) is 110 cm³/mol. The number of nitrogens with one attached hydrogen (secondary N) is 1. The number of halogens is 1. The summed E-state index contributed by atoms with van der Waals surface area (Å²) in [5, 5.41) is 2.92. The summed E-state index contributed by atoms with van der Waals surface area (Å²) in [6.07, 6.45) is 1.04. The Morgan fingerprint density at radius 2 is 1.59 bits per heavy atom. The minimum absolute atomic E-state index is 0. The Labute approximate surface area is 164 Å². The van der Waals surface area contributed by atoms with Gasteiger partial charge in [0.1, 0.15) is 11.5 Å². The van der Waals surface area contributed by atoms with E-state index in [1.807, 2.05) is 66.7 Å². The minimum atomic E-state index is -0.167. The lowest BCUT2D eigenvalue weighted by Gasteiger charge is -2.09. The lowest BCUT2D eigenvalue weighted by molar-refractivity contribution is 0.102. The molecule has 2 atom stereocenters. The number of para-hydroxylation sites is 1. The smallest absolute Gasteiger partial charge is 0.255 e. The second kappa shape index (κ2) is 8.25. The highest BCUT2D eigenvalue weighted by atomic mass is 35.5. The molecule has 27 heavy (non-hydrogen) atoms. The molecule has 1 amide bonds. The molecule has 1 saturated carbocycles. The molecule has 0 aliphatic heterocycles. The number of ether oxygens (including phenoxy) is 1. The molecule has 4 rings (SSSR count). The van der Waals surface area contributed by atoms with Crippen LogP contribution in [0.2, 0.25) is 0 Å². The number of amides is 1. The SMILES string of the molecule is Cl.N[C@@H]1C[C@H]1c1ccc(NC(=O)c2cccc(Oc3ccccc3)c2)cc1. The molecular formula is C22H21ClN2O2. The van der Waals surface area contributed by atoms with Gasteiger partial charge in [-0.3, -0.25) is 4.79 Å². The van der Waals surface area contributed by atoms with Crippen LogP contribution in [0.25, 0.3) is 0 Å². The van der Waals surface area contributed by atoms with Crippen molar-refractivity contribution in [3.8, 4) is 11.5 Å². The van der Waals surface area contributed by atoms with Crippen molar-refractivity contribution in [1.82, 2.24) is 0 Å². The number of benzene rings is 3. The first-order valence-corrected chi connectivity index (χ1v) is 8.69. The van der Waals surface area contributed by atoms with E-state index in [1.165, 1.54) is 5.56 Å². The average Bonchev–Trinajstić information content (AvgIpc) is 3.40. The van der Waals surface area contributed by atoms with Crippen LogP contribution in [0.15, 0.2) is 78.9 Å². The Morgan fingerprint density at radius 3 is 2.26 bits per heavy atom. The summed E-state index contributed by atoms with van der Waals surface area (Å²) in [5.74, 6) is 1.66. The summed E-state index contributed by atoms with van der Waals surface area (Å²) < 4.78 is 5.79. The second-order valence-corrected chi connectivity index (χ2v) is 6.53. The van der Waals surface area contributed by atoms with Crippen LogP contribution in [0.4, 0.5) is 5.69 Å². The Bertz CT molecular complexity index is 913. The lowest BCUT2D eigenvalue weighted by Crippen LogP contribution is -2.11. The molecule has 1 aliphatic rings. The lowest BCUT2D eigenvalue weighted by atomic mass is 10.1. The first kappa shape index (κ1) is 19.0. The molecule has 0 radical (unpaired) electrons. The summed E-state index contributed by atoms with van der Waals surface area (Å²) in [7, 11) is 0. The molecule has 1 aliphatic carbocycles. The minimum Gasteiger partial charge on any atom is -0.457 e. The van der Waals surface area contributed by atoms with Crippen LogP contribution in [0.1, 0.15) is 28.3 Å². The van der Waals surface area contributed by atoms with Gasteiger partial charge in [0.15, 0.2) is 0 Å². The molecule has 0 saturated heterocycles. The highest BCUT2D eigenvalue weighted by Crippen LogP contribution is 2.39. The standard InChI is InChI=1S/C22H20N2O2.ClH/c23-21-14-20(21)15-9-11-17(12-10-15)24-22(25)16-5-4-8-19(13-16)26-18-6-2-1-3-7-18;/h1-13,20-21H,14,23H2,(H,24,25);1H/t20-,21+;/m0./s1. The predicted octanol–water partition coefficient (Wildman–Crippen LogP) is 4.97. The van der Waals surface area contributed by atoms with Gasteiger partial charge in [-0.15, -0.1) is 12.4 Å². The fourth-order valence-electron chi connectivity index (χ4n) is 2.94. The Kier molecular flexibility index (Phi) is 5.79. The number of anilines is 1. The van der Waals surface area contributed by atoms with E-state index in [1.54, 1.807) is 12.1 Å². The fraction of sp³-hybridized carbons (Fsp3) is 0.136. The van der Waals surface area contributed by atoms with Crippen molar-refractivity contribution in [2.75, 3.05) is 5.32 Å². The van der Waals surface area contributed by atoms with Gasteiger partial charge in [0.2, 0.25) is 0 Å². The van der Waals surface area contributed by atoms with Crippen molar-refractivity contribution in [3.05, 3.63) is 90.0 Å². The maximum atomic E-state index is 12.5. The average molecular weight is 381 g/mol. The number of hydrogen-bond acceptors (Lipinski definition) is 3. The molecule has 0 heterocycles. The number of rotatable bonds is 5. The number of hydrogen-bond donors (Lipinski definition) is 2. The van der Waals surface area contributed by atoms with Gasteiger partial charge in [0, 0.05) is 23.2 Å². The second-order valence-electron chi connectivity index (χ2n) is 6.53. The summed E-state index contributed by atoms with van der Waals surface area (Å²) in [4.78, 5) is 12.5. The molecule has 0 bridgehead atoms. The van der Waals surface area contributed by atoms with Gasteiger partial charge in [-0.25, -0.2) is 0 Å². The van der Waals surface area contributed by atoms with Crippen LogP contribution in [0.3, 0.4) is 0 Å². The highest BCUT2D eigenvalue weighted by Gasteiger charge is 2.34. The molecule has 3 N–H and O–H groups in total. The van der Waals surface area contributed by atoms with E-state index < -0.39 is 0 Å². The van der Waals surface area contributed by atoms with Crippen molar-refractivity contribution in [2.24, 2.45) is 5.73 Å². The Hall–Kier alpha value is -2.82. The first-order valence-electron chi connectivity index (χ1n) is 8.69. The molecule has 0 aromatic heterocycles. The molecule has 1 fully saturated rings. The number of nitrogens with two attached hydrogens (primary N) is 1. The van der Waals surface area contributed by atoms with E-state index in [2.05, 4.69) is 5.32 Å². The molecular weight excluding hydrogens is 360 g/mol. The fourth-order valence-corrected chi connectivity index (χ4v) is 2.94. The number of carbonyl (C=O) groups excluding carboxylic acids is 1. The molecule has 3 aromatic carbocycles. The van der Waals surface area contributed by atoms with Crippen molar-refractivity contribution in [1.29, 1.82) is 0 Å². The zero-order valence-corrected chi connectivity index (χ0v) is 15.5. The molecule has 0 unspecified atom stereocenters. The third-order valence-corrected chi connectivity index (χ3v) is 4.51. The van der Waals surface area contributed by atoms with Gasteiger partial charge in [0.25, 0.3) is 5.91 Å². The largest absolute Gasteiger partial charge is 0.457 e. The van der Waals surface area contributed by atoms with Gasteiger partial charge in [-0.05, 0) is 54.4 Å². The van der Waals surface area contributed by atoms with Crippen molar-refractivity contribution in [3.63, 3.8) is 0 Å². The van der Waals surface area contributed by atoms with Crippen molar-refractivity contribution < 1.29 is 9.53 Å². The number of carbonyl (C=O) groups is 1. The topological polar surface area (TPSA) is 64.3 Å². The van der Waals surface area contributed by atoms with Crippen LogP contribution in [0.5, 0.6) is 11.5 Å². The van der Waals surface area contributed by atoms with E-state index in [9.17, 15) is 4.79 Å². The van der Waals surface area contributed by atoms with Crippen LogP contribution in [-0.4, -0.2) is 11.9 Å². The highest BCUT2D eigenvalue weighted by molar-refractivity contribution is 6.04. The van der Waals surface area contributed by atoms with E-state index in [0.29, 0.717) is 17.2 Å². The van der Waals surface area contributed by atoms with Gasteiger partial charge in [-0.1, -0.05) is 36.4 Å². The Morgan fingerprint density at radius 1 is 0.926 bits per heavy atom. The molecule has 138 valence electrons. The van der Waals surface area contributed by atoms with Gasteiger partial charge < -0.3 is 15.8 Å². The van der Waals surface area contributed by atoms with Crippen molar-refractivity contribution >= 4 is 24.0 Å². The summed E-state index contributed by atoms with van der Waals surface area (Å²) in [6.45, 7) is 0. The van der Waals surface area contributed by atoms with Crippen LogP contribution < -0.4 is 15.8 Å². The zero-order chi connectivity index (χ0) is 17.9. The van der Waals surface area contributed by atoms with Crippen LogP contribution >= 0.6 is 12.4 Å². The summed E-state index contributed by atoms with van der Waals surface area (Å²) in [5.41, 5.74) is 8.43. The third-order valence-electron chi connectivity index (χ3n) is 4.51. The van der Waals surface area contributed by atoms with Crippen LogP contribution in [0, 0.1) is 0 Å². The molecule has 4 nitrogen and oxygen atoms in total. The summed E-state index contributed by atoms with van der Waals surface area (Å²) in [6, 6.07) is 24.8. The van der Waals surface area contributed by atoms with Gasteiger partial charge in [-0.2, -0.15) is 0 Å². The Balaban J connectivity index is 0.00000210. The molecule has 3 aromatic rings. The first-order chi connectivity index (χ1) is 12.7. The molecule has 5 heteroatoms. The van der Waals surface area contributed by atoms with E-state index in [4.69, 9.17) is 10.5 Å². The van der Waals surface area contributed by atoms with Gasteiger partial charge in [0.05, 0.1) is 0 Å².